The second-order valence-electron chi connectivity index (χ2n) is 7.10. The Morgan fingerprint density at radius 3 is 2.71 bits per heavy atom. The summed E-state index contributed by atoms with van der Waals surface area (Å²) in [6, 6.07) is 11.9. The Hall–Kier alpha value is -3.45. The zero-order valence-electron chi connectivity index (χ0n) is 16.9. The topological polar surface area (TPSA) is 89.8 Å². The zero-order chi connectivity index (χ0) is 21.8. The number of carbonyl (C=O) groups is 2. The quantitative estimate of drug-likeness (QED) is 0.605. The molecule has 0 atom stereocenters. The summed E-state index contributed by atoms with van der Waals surface area (Å²) in [5, 5.41) is 6.08. The smallest absolute Gasteiger partial charge is 0.291 e. The summed E-state index contributed by atoms with van der Waals surface area (Å²) in [5.41, 5.74) is 2.57. The molecule has 0 radical (unpaired) electrons. The second kappa shape index (κ2) is 9.14. The number of hydrogen-bond acceptors (Lipinski definition) is 5. The van der Waals surface area contributed by atoms with E-state index in [1.54, 1.807) is 36.4 Å². The van der Waals surface area contributed by atoms with Gasteiger partial charge in [-0.2, -0.15) is 0 Å². The zero-order valence-corrected chi connectivity index (χ0v) is 17.6. The number of rotatable bonds is 5. The first kappa shape index (κ1) is 20.8. The van der Waals surface area contributed by atoms with Gasteiger partial charge in [-0.1, -0.05) is 17.7 Å². The van der Waals surface area contributed by atoms with Gasteiger partial charge in [-0.05, 0) is 54.4 Å². The average molecular weight is 441 g/mol. The lowest BCUT2D eigenvalue weighted by Crippen LogP contribution is -2.23. The number of amides is 2. The first-order chi connectivity index (χ1) is 15.0. The number of carbonyl (C=O) groups excluding carboxylic acids is 2. The first-order valence-corrected chi connectivity index (χ1v) is 10.2. The normalized spacial score (nSPS) is 12.7. The van der Waals surface area contributed by atoms with Gasteiger partial charge in [0.2, 0.25) is 0 Å². The van der Waals surface area contributed by atoms with E-state index in [-0.39, 0.29) is 24.1 Å². The monoisotopic (exact) mass is 440 g/mol. The second-order valence-corrected chi connectivity index (χ2v) is 7.51. The molecule has 160 valence electrons. The van der Waals surface area contributed by atoms with E-state index in [4.69, 9.17) is 25.5 Å². The first-order valence-electron chi connectivity index (χ1n) is 9.83. The van der Waals surface area contributed by atoms with E-state index < -0.39 is 0 Å². The van der Waals surface area contributed by atoms with Crippen molar-refractivity contribution >= 4 is 29.1 Å². The molecule has 2 N–H and O–H groups in total. The van der Waals surface area contributed by atoms with Crippen molar-refractivity contribution in [2.24, 2.45) is 0 Å². The minimum absolute atomic E-state index is 0.195. The molecule has 1 aliphatic rings. The van der Waals surface area contributed by atoms with Crippen LogP contribution in [0.5, 0.6) is 11.5 Å². The Balaban J connectivity index is 1.45. The molecule has 0 saturated carbocycles. The fraction of sp³-hybridized carbons (Fsp3) is 0.217. The van der Waals surface area contributed by atoms with E-state index in [2.05, 4.69) is 10.6 Å². The van der Waals surface area contributed by atoms with Crippen LogP contribution >= 0.6 is 11.6 Å². The van der Waals surface area contributed by atoms with E-state index in [1.165, 1.54) is 6.26 Å². The van der Waals surface area contributed by atoms with E-state index >= 15 is 0 Å². The summed E-state index contributed by atoms with van der Waals surface area (Å²) in [5.74, 6) is 0.641. The molecule has 0 saturated heterocycles. The third-order valence-electron chi connectivity index (χ3n) is 4.81. The molecule has 4 rings (SSSR count). The van der Waals surface area contributed by atoms with Crippen molar-refractivity contribution in [1.82, 2.24) is 5.32 Å². The van der Waals surface area contributed by atoms with E-state index in [9.17, 15) is 9.59 Å². The third kappa shape index (κ3) is 4.83. The molecule has 31 heavy (non-hydrogen) atoms. The molecule has 7 nitrogen and oxygen atoms in total. The van der Waals surface area contributed by atoms with Gasteiger partial charge in [0.05, 0.1) is 24.5 Å². The van der Waals surface area contributed by atoms with Crippen molar-refractivity contribution in [2.75, 3.05) is 18.5 Å². The lowest BCUT2D eigenvalue weighted by atomic mass is 10.1. The van der Waals surface area contributed by atoms with Crippen molar-refractivity contribution in [3.05, 3.63) is 76.2 Å². The molecule has 3 aromatic rings. The van der Waals surface area contributed by atoms with Crippen LogP contribution in [0.15, 0.2) is 53.1 Å². The van der Waals surface area contributed by atoms with Crippen LogP contribution in [-0.4, -0.2) is 25.0 Å². The highest BCUT2D eigenvalue weighted by atomic mass is 35.5. The minimum Gasteiger partial charge on any atom is -0.489 e. The predicted octanol–water partition coefficient (Wildman–Crippen LogP) is 4.59. The van der Waals surface area contributed by atoms with Crippen LogP contribution in [0.25, 0.3) is 0 Å². The van der Waals surface area contributed by atoms with Crippen molar-refractivity contribution in [1.29, 1.82) is 0 Å². The molecule has 0 spiro atoms. The molecular weight excluding hydrogens is 420 g/mol. The molecule has 2 aromatic carbocycles. The maximum absolute atomic E-state index is 12.7. The number of hydrogen-bond donors (Lipinski definition) is 2. The van der Waals surface area contributed by atoms with Gasteiger partial charge in [0.25, 0.3) is 11.8 Å². The molecule has 0 unspecified atom stereocenters. The van der Waals surface area contributed by atoms with E-state index in [0.29, 0.717) is 41.0 Å². The average Bonchev–Trinajstić information content (AvgIpc) is 3.19. The van der Waals surface area contributed by atoms with E-state index in [0.717, 1.165) is 17.5 Å². The predicted molar refractivity (Wildman–Crippen MR) is 116 cm³/mol. The largest absolute Gasteiger partial charge is 0.489 e. The summed E-state index contributed by atoms with van der Waals surface area (Å²) < 4.78 is 16.4. The molecule has 0 fully saturated rings. The molecule has 1 aromatic heterocycles. The lowest BCUT2D eigenvalue weighted by Gasteiger charge is -2.13. The van der Waals surface area contributed by atoms with Gasteiger partial charge in [0, 0.05) is 24.2 Å². The van der Waals surface area contributed by atoms with Gasteiger partial charge in [0.1, 0.15) is 0 Å². The Bertz CT molecular complexity index is 1110. The summed E-state index contributed by atoms with van der Waals surface area (Å²) in [7, 11) is 0. The van der Waals surface area contributed by atoms with Crippen LogP contribution in [0.1, 0.15) is 38.5 Å². The number of furan rings is 1. The van der Waals surface area contributed by atoms with Crippen molar-refractivity contribution in [3.8, 4) is 11.5 Å². The Kier molecular flexibility index (Phi) is 6.13. The molecule has 2 amide bonds. The SMILES string of the molecule is Cc1ccc(C(=O)NCc2cc(Cl)c3c(c2)OCCCO3)cc1NC(=O)c1ccco1. The van der Waals surface area contributed by atoms with Crippen molar-refractivity contribution < 1.29 is 23.5 Å². The molecular formula is C23H21ClN2O5. The number of benzene rings is 2. The Labute approximate surface area is 184 Å². The van der Waals surface area contributed by atoms with Crippen LogP contribution in [0, 0.1) is 6.92 Å². The van der Waals surface area contributed by atoms with Gasteiger partial charge in [-0.3, -0.25) is 9.59 Å². The summed E-state index contributed by atoms with van der Waals surface area (Å²) in [6.45, 7) is 3.21. The van der Waals surface area contributed by atoms with Crippen LogP contribution in [0.2, 0.25) is 5.02 Å². The summed E-state index contributed by atoms with van der Waals surface area (Å²) >= 11 is 6.32. The van der Waals surface area contributed by atoms with Crippen LogP contribution in [0.4, 0.5) is 5.69 Å². The van der Waals surface area contributed by atoms with Gasteiger partial charge in [0.15, 0.2) is 17.3 Å². The molecule has 8 heteroatoms. The Morgan fingerprint density at radius 2 is 1.90 bits per heavy atom. The maximum Gasteiger partial charge on any atom is 0.291 e. The number of halogens is 1. The molecule has 2 heterocycles. The maximum atomic E-state index is 12.7. The fourth-order valence-electron chi connectivity index (χ4n) is 3.16. The van der Waals surface area contributed by atoms with Crippen molar-refractivity contribution in [3.63, 3.8) is 0 Å². The van der Waals surface area contributed by atoms with Gasteiger partial charge >= 0.3 is 0 Å². The standard InChI is InChI=1S/C23H21ClN2O5/c1-14-5-6-16(12-18(14)26-23(28)19-4-2-7-29-19)22(27)25-13-15-10-17(24)21-20(11-15)30-8-3-9-31-21/h2,4-7,10-12H,3,8-9,13H2,1H3,(H,25,27)(H,26,28). The number of anilines is 1. The molecule has 1 aliphatic heterocycles. The summed E-state index contributed by atoms with van der Waals surface area (Å²) in [4.78, 5) is 24.9. The van der Waals surface area contributed by atoms with Gasteiger partial charge in [-0.15, -0.1) is 0 Å². The van der Waals surface area contributed by atoms with Crippen LogP contribution in [0.3, 0.4) is 0 Å². The van der Waals surface area contributed by atoms with Gasteiger partial charge < -0.3 is 24.5 Å². The highest BCUT2D eigenvalue weighted by molar-refractivity contribution is 6.32. The highest BCUT2D eigenvalue weighted by Gasteiger charge is 2.17. The third-order valence-corrected chi connectivity index (χ3v) is 5.09. The Morgan fingerprint density at radius 1 is 1.06 bits per heavy atom. The van der Waals surface area contributed by atoms with Crippen LogP contribution < -0.4 is 20.1 Å². The van der Waals surface area contributed by atoms with E-state index in [1.807, 2.05) is 13.0 Å². The number of nitrogens with one attached hydrogen (secondary N) is 2. The number of ether oxygens (including phenoxy) is 2. The molecule has 0 aliphatic carbocycles. The number of fused-ring (bicyclic) bond motifs is 1. The molecule has 0 bridgehead atoms. The lowest BCUT2D eigenvalue weighted by molar-refractivity contribution is 0.0949. The van der Waals surface area contributed by atoms with Crippen LogP contribution in [-0.2, 0) is 6.54 Å². The minimum atomic E-state index is -0.382. The van der Waals surface area contributed by atoms with Crippen molar-refractivity contribution in [2.45, 2.75) is 19.9 Å². The fourth-order valence-corrected chi connectivity index (χ4v) is 3.45. The number of aryl methyl sites for hydroxylation is 1. The highest BCUT2D eigenvalue weighted by Crippen LogP contribution is 2.38. The summed E-state index contributed by atoms with van der Waals surface area (Å²) in [6.07, 6.45) is 2.21. The van der Waals surface area contributed by atoms with Gasteiger partial charge in [-0.25, -0.2) is 0 Å².